The van der Waals surface area contributed by atoms with Gasteiger partial charge in [0.2, 0.25) is 10.0 Å². The zero-order valence-corrected chi connectivity index (χ0v) is 19.0. The van der Waals surface area contributed by atoms with Crippen molar-refractivity contribution in [1.82, 2.24) is 14.9 Å². The van der Waals surface area contributed by atoms with E-state index in [2.05, 4.69) is 36.6 Å². The second kappa shape index (κ2) is 11.4. The van der Waals surface area contributed by atoms with Gasteiger partial charge < -0.3 is 15.4 Å². The van der Waals surface area contributed by atoms with Gasteiger partial charge in [0.05, 0.1) is 13.4 Å². The molecule has 164 valence electrons. The third-order valence-electron chi connectivity index (χ3n) is 5.45. The fourth-order valence-corrected chi connectivity index (χ4v) is 4.37. The Morgan fingerprint density at radius 3 is 2.45 bits per heavy atom. The molecule has 1 unspecified atom stereocenters. The number of guanidine groups is 1. The summed E-state index contributed by atoms with van der Waals surface area (Å²) in [6.45, 7) is 7.86. The van der Waals surface area contributed by atoms with Crippen LogP contribution in [0.2, 0.25) is 0 Å². The van der Waals surface area contributed by atoms with Crippen LogP contribution < -0.4 is 15.4 Å². The summed E-state index contributed by atoms with van der Waals surface area (Å²) in [5, 5.41) is 6.72. The van der Waals surface area contributed by atoms with Gasteiger partial charge in [0.1, 0.15) is 5.75 Å². The van der Waals surface area contributed by atoms with E-state index in [9.17, 15) is 8.42 Å². The van der Waals surface area contributed by atoms with E-state index in [-0.39, 0.29) is 0 Å². The van der Waals surface area contributed by atoms with Crippen molar-refractivity contribution in [3.63, 3.8) is 0 Å². The lowest BCUT2D eigenvalue weighted by Gasteiger charge is -2.29. The minimum absolute atomic E-state index is 0.432. The maximum Gasteiger partial charge on any atom is 0.211 e. The highest BCUT2D eigenvalue weighted by Crippen LogP contribution is 2.21. The molecule has 1 atom stereocenters. The van der Waals surface area contributed by atoms with E-state index in [4.69, 9.17) is 9.73 Å². The molecular formula is C21H36N4O3S. The third kappa shape index (κ3) is 7.85. The molecular weight excluding hydrogens is 388 g/mol. The molecule has 1 aliphatic rings. The summed E-state index contributed by atoms with van der Waals surface area (Å²) in [7, 11) is -1.39. The zero-order valence-electron chi connectivity index (χ0n) is 18.1. The number of ether oxygens (including phenoxy) is 1. The molecule has 8 heteroatoms. The summed E-state index contributed by atoms with van der Waals surface area (Å²) in [5.74, 6) is 2.58. The first-order valence-electron chi connectivity index (χ1n) is 10.4. The van der Waals surface area contributed by atoms with E-state index >= 15 is 0 Å². The van der Waals surface area contributed by atoms with Gasteiger partial charge in [0.15, 0.2) is 5.96 Å². The Morgan fingerprint density at radius 1 is 1.24 bits per heavy atom. The lowest BCUT2D eigenvalue weighted by atomic mass is 9.98. The molecule has 1 aliphatic heterocycles. The summed E-state index contributed by atoms with van der Waals surface area (Å²) in [6, 6.07) is 8.23. The van der Waals surface area contributed by atoms with Gasteiger partial charge in [-0.2, -0.15) is 0 Å². The number of aliphatic imine (C=N–C) groups is 1. The van der Waals surface area contributed by atoms with Crippen molar-refractivity contribution in [2.24, 2.45) is 10.9 Å². The molecule has 0 radical (unpaired) electrons. The molecule has 0 saturated carbocycles. The zero-order chi connectivity index (χ0) is 21.3. The van der Waals surface area contributed by atoms with Crippen molar-refractivity contribution < 1.29 is 13.2 Å². The highest BCUT2D eigenvalue weighted by atomic mass is 32.2. The van der Waals surface area contributed by atoms with Gasteiger partial charge in [-0.25, -0.2) is 12.7 Å². The standard InChI is InChI=1S/C21H36N4O3S/c1-5-22-21(24-16-18-11-14-25(15-12-18)29(4,26)27)23-13-10-17(2)19-6-8-20(28-3)9-7-19/h6-9,17-18H,5,10-16H2,1-4H3,(H2,22,23,24). The van der Waals surface area contributed by atoms with Crippen molar-refractivity contribution in [3.8, 4) is 5.75 Å². The topological polar surface area (TPSA) is 83.0 Å². The summed E-state index contributed by atoms with van der Waals surface area (Å²) >= 11 is 0. The smallest absolute Gasteiger partial charge is 0.211 e. The van der Waals surface area contributed by atoms with Crippen molar-refractivity contribution in [1.29, 1.82) is 0 Å². The lowest BCUT2D eigenvalue weighted by molar-refractivity contribution is 0.280. The summed E-state index contributed by atoms with van der Waals surface area (Å²) in [5.41, 5.74) is 1.30. The van der Waals surface area contributed by atoms with Crippen molar-refractivity contribution in [2.45, 2.75) is 39.0 Å². The van der Waals surface area contributed by atoms with Crippen LogP contribution >= 0.6 is 0 Å². The minimum atomic E-state index is -3.07. The first-order chi connectivity index (χ1) is 13.8. The first-order valence-corrected chi connectivity index (χ1v) is 12.3. The maximum atomic E-state index is 11.6. The van der Waals surface area contributed by atoms with E-state index in [0.717, 1.165) is 50.6 Å². The Kier molecular flexibility index (Phi) is 9.23. The van der Waals surface area contributed by atoms with Crippen LogP contribution in [0.1, 0.15) is 44.6 Å². The van der Waals surface area contributed by atoms with Crippen molar-refractivity contribution in [3.05, 3.63) is 29.8 Å². The number of hydrogen-bond donors (Lipinski definition) is 2. The Morgan fingerprint density at radius 2 is 1.90 bits per heavy atom. The summed E-state index contributed by atoms with van der Waals surface area (Å²) in [4.78, 5) is 4.73. The molecule has 0 aromatic heterocycles. The molecule has 1 aromatic carbocycles. The molecule has 2 N–H and O–H groups in total. The molecule has 0 bridgehead atoms. The van der Waals surface area contributed by atoms with E-state index in [1.54, 1.807) is 11.4 Å². The minimum Gasteiger partial charge on any atom is -0.497 e. The molecule has 29 heavy (non-hydrogen) atoms. The molecule has 1 aromatic rings. The fourth-order valence-electron chi connectivity index (χ4n) is 3.49. The third-order valence-corrected chi connectivity index (χ3v) is 6.75. The van der Waals surface area contributed by atoms with Crippen LogP contribution in [-0.4, -0.2) is 64.8 Å². The van der Waals surface area contributed by atoms with Gasteiger partial charge in [0, 0.05) is 32.7 Å². The van der Waals surface area contributed by atoms with E-state index in [1.165, 1.54) is 11.8 Å². The Balaban J connectivity index is 1.78. The molecule has 1 saturated heterocycles. The van der Waals surface area contributed by atoms with Gasteiger partial charge in [-0.05, 0) is 55.7 Å². The summed E-state index contributed by atoms with van der Waals surface area (Å²) < 4.78 is 30.0. The average Bonchev–Trinajstić information content (AvgIpc) is 2.71. The van der Waals surface area contributed by atoms with Gasteiger partial charge in [0.25, 0.3) is 0 Å². The number of sulfonamides is 1. The van der Waals surface area contributed by atoms with E-state index < -0.39 is 10.0 Å². The molecule has 0 spiro atoms. The van der Waals surface area contributed by atoms with Gasteiger partial charge in [-0.3, -0.25) is 4.99 Å². The quantitative estimate of drug-likeness (QED) is 0.470. The Hall–Kier alpha value is -1.80. The van der Waals surface area contributed by atoms with Crippen LogP contribution in [0, 0.1) is 5.92 Å². The monoisotopic (exact) mass is 424 g/mol. The number of rotatable bonds is 9. The number of nitrogens with one attached hydrogen (secondary N) is 2. The van der Waals surface area contributed by atoms with Crippen LogP contribution in [0.3, 0.4) is 0 Å². The predicted octanol–water partition coefficient (Wildman–Crippen LogP) is 2.42. The molecule has 7 nitrogen and oxygen atoms in total. The second-order valence-electron chi connectivity index (χ2n) is 7.71. The molecule has 1 heterocycles. The number of nitrogens with zero attached hydrogens (tertiary/aromatic N) is 2. The Labute approximate surface area is 176 Å². The van der Waals surface area contributed by atoms with Crippen LogP contribution in [-0.2, 0) is 10.0 Å². The normalized spacial score (nSPS) is 17.7. The number of piperidine rings is 1. The van der Waals surface area contributed by atoms with Crippen LogP contribution in [0.4, 0.5) is 0 Å². The second-order valence-corrected chi connectivity index (χ2v) is 9.70. The number of methoxy groups -OCH3 is 1. The fraction of sp³-hybridized carbons (Fsp3) is 0.667. The van der Waals surface area contributed by atoms with Gasteiger partial charge >= 0.3 is 0 Å². The van der Waals surface area contributed by atoms with Crippen LogP contribution in [0.25, 0.3) is 0 Å². The molecule has 2 rings (SSSR count). The van der Waals surface area contributed by atoms with E-state index in [0.29, 0.717) is 24.9 Å². The summed E-state index contributed by atoms with van der Waals surface area (Å²) in [6.07, 6.45) is 4.02. The number of benzene rings is 1. The predicted molar refractivity (Wildman–Crippen MR) is 119 cm³/mol. The molecule has 0 aliphatic carbocycles. The van der Waals surface area contributed by atoms with Gasteiger partial charge in [-0.1, -0.05) is 19.1 Å². The van der Waals surface area contributed by atoms with Crippen LogP contribution in [0.5, 0.6) is 5.75 Å². The molecule has 0 amide bonds. The first kappa shape index (κ1) is 23.5. The van der Waals surface area contributed by atoms with E-state index in [1.807, 2.05) is 12.1 Å². The van der Waals surface area contributed by atoms with Crippen molar-refractivity contribution in [2.75, 3.05) is 46.1 Å². The SMILES string of the molecule is CCNC(=NCC1CCN(S(C)(=O)=O)CC1)NCCC(C)c1ccc(OC)cc1. The number of hydrogen-bond acceptors (Lipinski definition) is 4. The lowest BCUT2D eigenvalue weighted by Crippen LogP contribution is -2.40. The largest absolute Gasteiger partial charge is 0.497 e. The molecule has 1 fully saturated rings. The maximum absolute atomic E-state index is 11.6. The van der Waals surface area contributed by atoms with Gasteiger partial charge in [-0.15, -0.1) is 0 Å². The highest BCUT2D eigenvalue weighted by molar-refractivity contribution is 7.88. The van der Waals surface area contributed by atoms with Crippen LogP contribution in [0.15, 0.2) is 29.3 Å². The van der Waals surface area contributed by atoms with Crippen molar-refractivity contribution >= 4 is 16.0 Å². The highest BCUT2D eigenvalue weighted by Gasteiger charge is 2.24. The Bertz CT molecular complexity index is 742. The average molecular weight is 425 g/mol.